The predicted octanol–water partition coefficient (Wildman–Crippen LogP) is 3.82. The number of halogens is 2. The monoisotopic (exact) mass is 374 g/mol. The second-order valence-electron chi connectivity index (χ2n) is 5.38. The fourth-order valence-electron chi connectivity index (χ4n) is 2.21. The average Bonchev–Trinajstić information content (AvgIpc) is 2.44. The zero-order chi connectivity index (χ0) is 15.6. The summed E-state index contributed by atoms with van der Waals surface area (Å²) in [6.07, 6.45) is 0.902. The first-order valence-electron chi connectivity index (χ1n) is 6.57. The summed E-state index contributed by atoms with van der Waals surface area (Å²) in [4.78, 5) is 25.0. The molecule has 0 spiro atoms. The molecule has 114 valence electrons. The number of hydrogen-bond donors (Lipinski definition) is 2. The largest absolute Gasteiger partial charge is 0.481 e. The lowest BCUT2D eigenvalue weighted by molar-refractivity contribution is -0.150. The molecule has 0 radical (unpaired) electrons. The first-order chi connectivity index (χ1) is 9.83. The molecule has 2 rings (SSSR count). The van der Waals surface area contributed by atoms with E-state index in [1.54, 1.807) is 30.0 Å². The molecule has 0 bridgehead atoms. The number of benzene rings is 1. The normalized spacial score (nSPS) is 17.4. The van der Waals surface area contributed by atoms with Crippen molar-refractivity contribution in [2.45, 2.75) is 19.8 Å². The van der Waals surface area contributed by atoms with Gasteiger partial charge in [0.05, 0.1) is 20.6 Å². The van der Waals surface area contributed by atoms with Crippen molar-refractivity contribution in [2.24, 2.45) is 5.41 Å². The van der Waals surface area contributed by atoms with Crippen LogP contribution in [0.1, 0.15) is 19.8 Å². The van der Waals surface area contributed by atoms with Crippen molar-refractivity contribution in [3.63, 3.8) is 0 Å². The summed E-state index contributed by atoms with van der Waals surface area (Å²) in [5.41, 5.74) is -0.146. The Morgan fingerprint density at radius 3 is 2.57 bits per heavy atom. The lowest BCUT2D eigenvalue weighted by Gasteiger charge is -2.36. The van der Waals surface area contributed by atoms with E-state index in [4.69, 9.17) is 11.6 Å². The number of urea groups is 1. The Bertz CT molecular complexity index is 571. The molecule has 0 unspecified atom stereocenters. The van der Waals surface area contributed by atoms with Gasteiger partial charge in [-0.25, -0.2) is 4.79 Å². The minimum atomic E-state index is -0.805. The summed E-state index contributed by atoms with van der Waals surface area (Å²) in [5, 5.41) is 12.5. The van der Waals surface area contributed by atoms with Gasteiger partial charge < -0.3 is 15.3 Å². The van der Waals surface area contributed by atoms with E-state index in [1.807, 2.05) is 0 Å². The van der Waals surface area contributed by atoms with Gasteiger partial charge in [-0.1, -0.05) is 17.7 Å². The number of hydrogen-bond acceptors (Lipinski definition) is 2. The van der Waals surface area contributed by atoms with Gasteiger partial charge in [0.1, 0.15) is 0 Å². The van der Waals surface area contributed by atoms with E-state index in [0.717, 1.165) is 0 Å². The van der Waals surface area contributed by atoms with Crippen LogP contribution >= 0.6 is 27.5 Å². The lowest BCUT2D eigenvalue weighted by atomic mass is 9.80. The van der Waals surface area contributed by atoms with Gasteiger partial charge in [0.25, 0.3) is 0 Å². The molecular formula is C14H16BrClN2O3. The van der Waals surface area contributed by atoms with Crippen LogP contribution in [0.2, 0.25) is 5.02 Å². The van der Waals surface area contributed by atoms with E-state index in [9.17, 15) is 14.7 Å². The number of aliphatic carboxylic acids is 1. The Morgan fingerprint density at radius 2 is 2.00 bits per heavy atom. The van der Waals surface area contributed by atoms with Crippen LogP contribution in [0, 0.1) is 5.41 Å². The highest BCUT2D eigenvalue weighted by atomic mass is 79.9. The minimum absolute atomic E-state index is 0.245. The number of nitrogens with zero attached hydrogens (tertiary/aromatic N) is 1. The molecule has 0 aliphatic carbocycles. The number of anilines is 1. The van der Waals surface area contributed by atoms with Crippen LogP contribution in [0.5, 0.6) is 0 Å². The third-order valence-corrected chi connectivity index (χ3v) is 5.26. The molecule has 2 amide bonds. The van der Waals surface area contributed by atoms with Crippen LogP contribution in [-0.4, -0.2) is 35.1 Å². The topological polar surface area (TPSA) is 69.6 Å². The van der Waals surface area contributed by atoms with Crippen LogP contribution in [-0.2, 0) is 4.79 Å². The molecular weight excluding hydrogens is 360 g/mol. The van der Waals surface area contributed by atoms with E-state index < -0.39 is 11.4 Å². The summed E-state index contributed by atoms with van der Waals surface area (Å²) in [6, 6.07) is 4.98. The molecule has 5 nitrogen and oxygen atoms in total. The Labute approximate surface area is 136 Å². The Balaban J connectivity index is 2.00. The van der Waals surface area contributed by atoms with Gasteiger partial charge in [0, 0.05) is 13.1 Å². The zero-order valence-corrected chi connectivity index (χ0v) is 13.9. The minimum Gasteiger partial charge on any atom is -0.481 e. The highest BCUT2D eigenvalue weighted by Gasteiger charge is 2.38. The fourth-order valence-corrected chi connectivity index (χ4v) is 2.75. The molecule has 7 heteroatoms. The molecule has 1 fully saturated rings. The number of nitrogens with one attached hydrogen (secondary N) is 1. The van der Waals surface area contributed by atoms with E-state index in [-0.39, 0.29) is 6.03 Å². The molecule has 1 saturated heterocycles. The SMILES string of the molecule is CC1(C(=O)O)CCN(C(=O)Nc2cccc(Cl)c2Br)CC1. The molecule has 1 aliphatic heterocycles. The highest BCUT2D eigenvalue weighted by Crippen LogP contribution is 2.33. The van der Waals surface area contributed by atoms with Crippen LogP contribution in [0.4, 0.5) is 10.5 Å². The number of piperidine rings is 1. The van der Waals surface area contributed by atoms with Gasteiger partial charge in [-0.05, 0) is 47.8 Å². The van der Waals surface area contributed by atoms with E-state index in [2.05, 4.69) is 21.2 Å². The summed E-state index contributed by atoms with van der Waals surface area (Å²) >= 11 is 9.31. The van der Waals surface area contributed by atoms with Gasteiger partial charge >= 0.3 is 12.0 Å². The maximum atomic E-state index is 12.2. The molecule has 1 aliphatic rings. The molecule has 21 heavy (non-hydrogen) atoms. The van der Waals surface area contributed by atoms with E-state index in [0.29, 0.717) is 41.1 Å². The molecule has 1 aromatic carbocycles. The van der Waals surface area contributed by atoms with Crippen LogP contribution < -0.4 is 5.32 Å². The van der Waals surface area contributed by atoms with Gasteiger partial charge in [-0.15, -0.1) is 0 Å². The zero-order valence-electron chi connectivity index (χ0n) is 11.5. The number of likely N-dealkylation sites (tertiary alicyclic amines) is 1. The Morgan fingerprint density at radius 1 is 1.38 bits per heavy atom. The van der Waals surface area contributed by atoms with E-state index in [1.165, 1.54) is 0 Å². The number of rotatable bonds is 2. The predicted molar refractivity (Wildman–Crippen MR) is 84.7 cm³/mol. The van der Waals surface area contributed by atoms with Crippen molar-refractivity contribution < 1.29 is 14.7 Å². The van der Waals surface area contributed by atoms with Crippen LogP contribution in [0.25, 0.3) is 0 Å². The molecule has 1 heterocycles. The summed E-state index contributed by atoms with van der Waals surface area (Å²) < 4.78 is 0.632. The third-order valence-electron chi connectivity index (χ3n) is 3.86. The second-order valence-corrected chi connectivity index (χ2v) is 6.58. The van der Waals surface area contributed by atoms with Gasteiger partial charge in [0.15, 0.2) is 0 Å². The maximum Gasteiger partial charge on any atom is 0.321 e. The van der Waals surface area contributed by atoms with Gasteiger partial charge in [-0.2, -0.15) is 0 Å². The Kier molecular flexibility index (Phi) is 4.78. The highest BCUT2D eigenvalue weighted by molar-refractivity contribution is 9.10. The van der Waals surface area contributed by atoms with Gasteiger partial charge in [0.2, 0.25) is 0 Å². The molecule has 0 saturated carbocycles. The molecule has 0 aromatic heterocycles. The van der Waals surface area contributed by atoms with Crippen LogP contribution in [0.15, 0.2) is 22.7 Å². The third kappa shape index (κ3) is 3.49. The van der Waals surface area contributed by atoms with E-state index >= 15 is 0 Å². The van der Waals surface area contributed by atoms with Crippen LogP contribution in [0.3, 0.4) is 0 Å². The Hall–Kier alpha value is -1.27. The molecule has 0 atom stereocenters. The number of carbonyl (C=O) groups excluding carboxylic acids is 1. The van der Waals surface area contributed by atoms with Crippen molar-refractivity contribution in [1.29, 1.82) is 0 Å². The van der Waals surface area contributed by atoms with Gasteiger partial charge in [-0.3, -0.25) is 4.79 Å². The first-order valence-corrected chi connectivity index (χ1v) is 7.74. The van der Waals surface area contributed by atoms with Crippen molar-refractivity contribution in [3.8, 4) is 0 Å². The standard InChI is InChI=1S/C14H16BrClN2O3/c1-14(12(19)20)5-7-18(8-6-14)13(21)17-10-4-2-3-9(16)11(10)15/h2-4H,5-8H2,1H3,(H,17,21)(H,19,20). The quantitative estimate of drug-likeness (QED) is 0.825. The number of amides is 2. The number of carboxylic acid groups (broad SMARTS) is 1. The first kappa shape index (κ1) is 16.1. The summed E-state index contributed by atoms with van der Waals surface area (Å²) in [7, 11) is 0. The smallest absolute Gasteiger partial charge is 0.321 e. The maximum absolute atomic E-state index is 12.2. The van der Waals surface area contributed by atoms with Crippen molar-refractivity contribution >= 4 is 45.2 Å². The fraction of sp³-hybridized carbons (Fsp3) is 0.429. The number of carboxylic acids is 1. The van der Waals surface area contributed by atoms with Crippen molar-refractivity contribution in [1.82, 2.24) is 4.90 Å². The van der Waals surface area contributed by atoms with Crippen molar-refractivity contribution in [2.75, 3.05) is 18.4 Å². The summed E-state index contributed by atoms with van der Waals surface area (Å²) in [5.74, 6) is -0.805. The lowest BCUT2D eigenvalue weighted by Crippen LogP contribution is -2.46. The summed E-state index contributed by atoms with van der Waals surface area (Å²) in [6.45, 7) is 2.57. The molecule has 2 N–H and O–H groups in total. The second kappa shape index (κ2) is 6.23. The molecule has 1 aromatic rings. The average molecular weight is 376 g/mol. The number of carbonyl (C=O) groups is 2. The van der Waals surface area contributed by atoms with Crippen molar-refractivity contribution in [3.05, 3.63) is 27.7 Å².